The van der Waals surface area contributed by atoms with Crippen molar-refractivity contribution in [2.24, 2.45) is 5.92 Å². The number of nitrogens with zero attached hydrogens (tertiary/aromatic N) is 1. The van der Waals surface area contributed by atoms with Crippen LogP contribution in [0.4, 0.5) is 4.79 Å². The van der Waals surface area contributed by atoms with Crippen LogP contribution in [0.5, 0.6) is 0 Å². The molecule has 2 unspecified atom stereocenters. The summed E-state index contributed by atoms with van der Waals surface area (Å²) in [5.74, 6) is 0.762. The molecule has 1 saturated carbocycles. The van der Waals surface area contributed by atoms with Crippen molar-refractivity contribution in [3.05, 3.63) is 0 Å². The zero-order valence-corrected chi connectivity index (χ0v) is 15.4. The third kappa shape index (κ3) is 5.70. The fourth-order valence-corrected chi connectivity index (χ4v) is 3.20. The van der Waals surface area contributed by atoms with E-state index in [0.29, 0.717) is 26.3 Å². The number of amides is 1. The Bertz CT molecular complexity index is 368. The lowest BCUT2D eigenvalue weighted by atomic mass is 9.86. The first kappa shape index (κ1) is 18.0. The molecule has 2 rings (SSSR count). The summed E-state index contributed by atoms with van der Waals surface area (Å²) in [5, 5.41) is 0. The van der Waals surface area contributed by atoms with Crippen molar-refractivity contribution < 1.29 is 19.0 Å². The standard InChI is InChI=1S/C16H28BrNO4/c1-16(2,3)22-15(19)18-9-13(17)14(10-18)21-8-7-20-11-12-5-4-6-12/h12-14H,4-11H2,1-3H3. The Hall–Kier alpha value is -0.330. The van der Waals surface area contributed by atoms with Gasteiger partial charge in [-0.25, -0.2) is 4.79 Å². The molecule has 0 spiro atoms. The van der Waals surface area contributed by atoms with Crippen LogP contribution in [0.2, 0.25) is 0 Å². The van der Waals surface area contributed by atoms with E-state index < -0.39 is 5.60 Å². The van der Waals surface area contributed by atoms with Gasteiger partial charge in [0.2, 0.25) is 0 Å². The van der Waals surface area contributed by atoms with Crippen LogP contribution >= 0.6 is 15.9 Å². The minimum Gasteiger partial charge on any atom is -0.444 e. The Morgan fingerprint density at radius 3 is 2.55 bits per heavy atom. The van der Waals surface area contributed by atoms with E-state index in [4.69, 9.17) is 14.2 Å². The van der Waals surface area contributed by atoms with E-state index in [-0.39, 0.29) is 17.0 Å². The van der Waals surface area contributed by atoms with Crippen LogP contribution in [0, 0.1) is 5.92 Å². The highest BCUT2D eigenvalue weighted by molar-refractivity contribution is 9.09. The molecule has 0 aromatic carbocycles. The van der Waals surface area contributed by atoms with Crippen LogP contribution in [0.3, 0.4) is 0 Å². The second-order valence-corrected chi connectivity index (χ2v) is 8.36. The van der Waals surface area contributed by atoms with E-state index in [1.807, 2.05) is 20.8 Å². The largest absolute Gasteiger partial charge is 0.444 e. The van der Waals surface area contributed by atoms with Gasteiger partial charge in [-0.2, -0.15) is 0 Å². The van der Waals surface area contributed by atoms with Gasteiger partial charge in [-0.3, -0.25) is 0 Å². The first-order valence-electron chi connectivity index (χ1n) is 8.16. The first-order chi connectivity index (χ1) is 10.3. The van der Waals surface area contributed by atoms with Crippen molar-refractivity contribution in [2.45, 2.75) is 56.6 Å². The number of halogens is 1. The van der Waals surface area contributed by atoms with Crippen LogP contribution < -0.4 is 0 Å². The molecule has 1 aliphatic carbocycles. The Morgan fingerprint density at radius 2 is 1.95 bits per heavy atom. The molecule has 0 radical (unpaired) electrons. The summed E-state index contributed by atoms with van der Waals surface area (Å²) in [6, 6.07) is 0. The zero-order chi connectivity index (χ0) is 16.2. The average Bonchev–Trinajstić information content (AvgIpc) is 2.71. The molecule has 22 heavy (non-hydrogen) atoms. The fraction of sp³-hybridized carbons (Fsp3) is 0.938. The molecule has 1 heterocycles. The predicted molar refractivity (Wildman–Crippen MR) is 88.4 cm³/mol. The number of rotatable bonds is 6. The number of carbonyl (C=O) groups excluding carboxylic acids is 1. The lowest BCUT2D eigenvalue weighted by Gasteiger charge is -2.25. The van der Waals surface area contributed by atoms with E-state index in [2.05, 4.69) is 15.9 Å². The van der Waals surface area contributed by atoms with Crippen molar-refractivity contribution in [3.8, 4) is 0 Å². The Balaban J connectivity index is 1.61. The van der Waals surface area contributed by atoms with Gasteiger partial charge in [0.05, 0.1) is 30.7 Å². The molecule has 1 saturated heterocycles. The summed E-state index contributed by atoms with van der Waals surface area (Å²) in [7, 11) is 0. The van der Waals surface area contributed by atoms with E-state index in [1.165, 1.54) is 19.3 Å². The normalized spacial score (nSPS) is 26.1. The van der Waals surface area contributed by atoms with Crippen molar-refractivity contribution >= 4 is 22.0 Å². The summed E-state index contributed by atoms with van der Waals surface area (Å²) < 4.78 is 16.9. The zero-order valence-electron chi connectivity index (χ0n) is 13.8. The third-order valence-corrected chi connectivity index (χ3v) is 4.87. The van der Waals surface area contributed by atoms with Crippen molar-refractivity contribution in [2.75, 3.05) is 32.9 Å². The number of hydrogen-bond acceptors (Lipinski definition) is 4. The number of likely N-dealkylation sites (tertiary alicyclic amines) is 1. The van der Waals surface area contributed by atoms with Crippen LogP contribution in [0.1, 0.15) is 40.0 Å². The molecule has 5 nitrogen and oxygen atoms in total. The SMILES string of the molecule is CC(C)(C)OC(=O)N1CC(Br)C(OCCOCC2CCC2)C1. The van der Waals surface area contributed by atoms with Crippen LogP contribution in [0.25, 0.3) is 0 Å². The molecule has 2 aliphatic rings. The monoisotopic (exact) mass is 377 g/mol. The van der Waals surface area contributed by atoms with Gasteiger partial charge in [-0.1, -0.05) is 22.4 Å². The third-order valence-electron chi connectivity index (χ3n) is 3.99. The molecule has 1 amide bonds. The Labute approximate surface area is 141 Å². The summed E-state index contributed by atoms with van der Waals surface area (Å²) in [6.45, 7) is 8.85. The highest BCUT2D eigenvalue weighted by atomic mass is 79.9. The van der Waals surface area contributed by atoms with Gasteiger partial charge >= 0.3 is 6.09 Å². The molecule has 6 heteroatoms. The van der Waals surface area contributed by atoms with Gasteiger partial charge in [0.25, 0.3) is 0 Å². The Kier molecular flexibility index (Phi) is 6.53. The summed E-state index contributed by atoms with van der Waals surface area (Å²) >= 11 is 3.59. The highest BCUT2D eigenvalue weighted by Gasteiger charge is 2.36. The predicted octanol–water partition coefficient (Wildman–Crippen LogP) is 3.20. The molecule has 128 valence electrons. The van der Waals surface area contributed by atoms with Gasteiger partial charge in [-0.15, -0.1) is 0 Å². The van der Waals surface area contributed by atoms with Gasteiger partial charge < -0.3 is 19.1 Å². The molecule has 2 atom stereocenters. The number of hydrogen-bond donors (Lipinski definition) is 0. The van der Waals surface area contributed by atoms with Crippen molar-refractivity contribution in [1.29, 1.82) is 0 Å². The molecule has 0 bridgehead atoms. The molecular formula is C16H28BrNO4. The maximum absolute atomic E-state index is 12.0. The topological polar surface area (TPSA) is 48.0 Å². The van der Waals surface area contributed by atoms with Gasteiger partial charge in [0.1, 0.15) is 5.60 Å². The van der Waals surface area contributed by atoms with Gasteiger partial charge in [0, 0.05) is 13.2 Å². The lowest BCUT2D eigenvalue weighted by Crippen LogP contribution is -2.36. The number of alkyl halides is 1. The Morgan fingerprint density at radius 1 is 1.23 bits per heavy atom. The van der Waals surface area contributed by atoms with Gasteiger partial charge in [0.15, 0.2) is 0 Å². The number of ether oxygens (including phenoxy) is 3. The summed E-state index contributed by atoms with van der Waals surface area (Å²) in [4.78, 5) is 13.9. The quantitative estimate of drug-likeness (QED) is 0.526. The molecule has 1 aliphatic heterocycles. The van der Waals surface area contributed by atoms with E-state index in [1.54, 1.807) is 4.90 Å². The van der Waals surface area contributed by atoms with E-state index in [0.717, 1.165) is 12.5 Å². The molecule has 0 aromatic heterocycles. The summed E-state index contributed by atoms with van der Waals surface area (Å²) in [5.41, 5.74) is -0.465. The van der Waals surface area contributed by atoms with Gasteiger partial charge in [-0.05, 0) is 39.5 Å². The molecule has 2 fully saturated rings. The minimum atomic E-state index is -0.465. The first-order valence-corrected chi connectivity index (χ1v) is 9.08. The van der Waals surface area contributed by atoms with Crippen LogP contribution in [-0.2, 0) is 14.2 Å². The molecule has 0 aromatic rings. The average molecular weight is 378 g/mol. The number of carbonyl (C=O) groups is 1. The smallest absolute Gasteiger partial charge is 0.410 e. The van der Waals surface area contributed by atoms with Crippen LogP contribution in [-0.4, -0.2) is 60.4 Å². The second-order valence-electron chi connectivity index (χ2n) is 7.18. The second kappa shape index (κ2) is 7.97. The maximum Gasteiger partial charge on any atom is 0.410 e. The molecule has 0 N–H and O–H groups in total. The highest BCUT2D eigenvalue weighted by Crippen LogP contribution is 2.26. The minimum absolute atomic E-state index is 0.000166. The van der Waals surface area contributed by atoms with E-state index >= 15 is 0 Å². The van der Waals surface area contributed by atoms with E-state index in [9.17, 15) is 4.79 Å². The van der Waals surface area contributed by atoms with Crippen LogP contribution in [0.15, 0.2) is 0 Å². The summed E-state index contributed by atoms with van der Waals surface area (Å²) in [6.07, 6.45) is 3.68. The molecular weight excluding hydrogens is 350 g/mol. The fourth-order valence-electron chi connectivity index (χ4n) is 2.53. The lowest BCUT2D eigenvalue weighted by molar-refractivity contribution is -0.00801. The van der Waals surface area contributed by atoms with Crippen molar-refractivity contribution in [1.82, 2.24) is 4.90 Å². The van der Waals surface area contributed by atoms with Crippen molar-refractivity contribution in [3.63, 3.8) is 0 Å². The maximum atomic E-state index is 12.0.